The van der Waals surface area contributed by atoms with Crippen LogP contribution in [-0.2, 0) is 13.2 Å². The van der Waals surface area contributed by atoms with Gasteiger partial charge in [0.1, 0.15) is 6.61 Å². The quantitative estimate of drug-likeness (QED) is 0.689. The van der Waals surface area contributed by atoms with Crippen molar-refractivity contribution in [1.29, 1.82) is 0 Å². The van der Waals surface area contributed by atoms with E-state index in [0.29, 0.717) is 6.61 Å². The minimum Gasteiger partial charge on any atom is -0.493 e. The molecule has 3 aromatic rings. The Hall–Kier alpha value is -2.42. The molecule has 0 radical (unpaired) electrons. The summed E-state index contributed by atoms with van der Waals surface area (Å²) in [5.41, 5.74) is 3.75. The first-order valence-corrected chi connectivity index (χ1v) is 7.57. The highest BCUT2D eigenvalue weighted by molar-refractivity contribution is 5.87. The predicted octanol–water partition coefficient (Wildman–Crippen LogP) is 4.56. The van der Waals surface area contributed by atoms with Crippen LogP contribution in [0.2, 0.25) is 0 Å². The number of nitrogens with zero attached hydrogens (tertiary/aromatic N) is 1. The monoisotopic (exact) mass is 295 g/mol. The molecule has 22 heavy (non-hydrogen) atoms. The average molecular weight is 295 g/mol. The van der Waals surface area contributed by atoms with Crippen molar-refractivity contribution >= 4 is 10.9 Å². The zero-order valence-electron chi connectivity index (χ0n) is 13.3. The molecule has 1 aromatic heterocycles. The highest BCUT2D eigenvalue weighted by atomic mass is 16.5. The minimum atomic E-state index is 0.536. The van der Waals surface area contributed by atoms with Gasteiger partial charge in [0, 0.05) is 29.2 Å². The van der Waals surface area contributed by atoms with E-state index in [-0.39, 0.29) is 0 Å². The van der Waals surface area contributed by atoms with Gasteiger partial charge in [0.15, 0.2) is 11.5 Å². The molecule has 3 nitrogen and oxygen atoms in total. The molecule has 0 N–H and O–H groups in total. The van der Waals surface area contributed by atoms with Gasteiger partial charge in [-0.15, -0.1) is 0 Å². The lowest BCUT2D eigenvalue weighted by Gasteiger charge is -2.10. The van der Waals surface area contributed by atoms with Gasteiger partial charge in [-0.3, -0.25) is 0 Å². The number of methoxy groups -OCH3 is 1. The fraction of sp³-hybridized carbons (Fsp3) is 0.263. The van der Waals surface area contributed by atoms with Crippen LogP contribution in [0.4, 0.5) is 0 Å². The largest absolute Gasteiger partial charge is 0.493 e. The topological polar surface area (TPSA) is 23.4 Å². The van der Waals surface area contributed by atoms with Crippen molar-refractivity contribution in [3.8, 4) is 11.5 Å². The predicted molar refractivity (Wildman–Crippen MR) is 89.7 cm³/mol. The van der Waals surface area contributed by atoms with E-state index in [9.17, 15) is 0 Å². The van der Waals surface area contributed by atoms with Gasteiger partial charge in [-0.1, -0.05) is 24.3 Å². The third kappa shape index (κ3) is 2.54. The van der Waals surface area contributed by atoms with Crippen LogP contribution in [0.15, 0.2) is 48.7 Å². The van der Waals surface area contributed by atoms with Gasteiger partial charge in [-0.2, -0.15) is 0 Å². The maximum absolute atomic E-state index is 6.00. The number of para-hydroxylation sites is 2. The first-order chi connectivity index (χ1) is 10.7. The Morgan fingerprint density at radius 2 is 1.77 bits per heavy atom. The van der Waals surface area contributed by atoms with E-state index in [0.717, 1.165) is 18.0 Å². The number of benzene rings is 2. The normalized spacial score (nSPS) is 10.9. The molecule has 1 heterocycles. The van der Waals surface area contributed by atoms with Crippen LogP contribution in [-0.4, -0.2) is 11.7 Å². The van der Waals surface area contributed by atoms with Gasteiger partial charge in [-0.05, 0) is 37.6 Å². The number of hydrogen-bond acceptors (Lipinski definition) is 2. The van der Waals surface area contributed by atoms with E-state index in [1.807, 2.05) is 24.3 Å². The Morgan fingerprint density at radius 1 is 1.00 bits per heavy atom. The van der Waals surface area contributed by atoms with Gasteiger partial charge in [0.25, 0.3) is 0 Å². The first-order valence-electron chi connectivity index (χ1n) is 7.57. The van der Waals surface area contributed by atoms with E-state index in [2.05, 4.69) is 42.8 Å². The van der Waals surface area contributed by atoms with Gasteiger partial charge in [0.05, 0.1) is 7.11 Å². The Balaban J connectivity index is 1.94. The molecule has 2 aromatic carbocycles. The molecule has 114 valence electrons. The van der Waals surface area contributed by atoms with Crippen molar-refractivity contribution in [2.45, 2.75) is 27.0 Å². The number of hydrogen-bond donors (Lipinski definition) is 0. The molecule has 0 saturated carbocycles. The lowest BCUT2D eigenvalue weighted by Crippen LogP contribution is -1.97. The lowest BCUT2D eigenvalue weighted by molar-refractivity contribution is 0.285. The summed E-state index contributed by atoms with van der Waals surface area (Å²) in [6.07, 6.45) is 2.19. The average Bonchev–Trinajstić information content (AvgIpc) is 2.92. The number of fused-ring (bicyclic) bond motifs is 1. The molecule has 0 fully saturated rings. The van der Waals surface area contributed by atoms with Crippen LogP contribution in [0.25, 0.3) is 10.9 Å². The van der Waals surface area contributed by atoms with E-state index in [1.165, 1.54) is 22.0 Å². The molecule has 0 amide bonds. The summed E-state index contributed by atoms with van der Waals surface area (Å²) < 4.78 is 13.6. The molecular formula is C19H21NO2. The smallest absolute Gasteiger partial charge is 0.161 e. The molecule has 0 saturated heterocycles. The third-order valence-electron chi connectivity index (χ3n) is 3.99. The number of aryl methyl sites for hydroxylation is 2. The van der Waals surface area contributed by atoms with Crippen molar-refractivity contribution < 1.29 is 9.47 Å². The standard InChI is InChI=1S/C19H21NO2/c1-4-20-12-15(19-14(2)8-7-9-16(19)20)13-22-18-11-6-5-10-17(18)21-3/h5-12H,4,13H2,1-3H3. The summed E-state index contributed by atoms with van der Waals surface area (Å²) in [6.45, 7) is 5.80. The van der Waals surface area contributed by atoms with Crippen molar-refractivity contribution in [3.63, 3.8) is 0 Å². The fourth-order valence-electron chi connectivity index (χ4n) is 2.90. The fourth-order valence-corrected chi connectivity index (χ4v) is 2.90. The Labute approximate surface area is 131 Å². The SMILES string of the molecule is CCn1cc(COc2ccccc2OC)c2c(C)cccc21. The molecule has 0 aliphatic heterocycles. The summed E-state index contributed by atoms with van der Waals surface area (Å²) in [4.78, 5) is 0. The number of aromatic nitrogens is 1. The molecule has 0 atom stereocenters. The van der Waals surface area contributed by atoms with Crippen molar-refractivity contribution in [2.75, 3.05) is 7.11 Å². The van der Waals surface area contributed by atoms with Crippen LogP contribution in [0.1, 0.15) is 18.1 Å². The van der Waals surface area contributed by atoms with E-state index in [4.69, 9.17) is 9.47 Å². The second-order valence-electron chi connectivity index (χ2n) is 5.35. The van der Waals surface area contributed by atoms with Crippen LogP contribution in [0.5, 0.6) is 11.5 Å². The number of ether oxygens (including phenoxy) is 2. The summed E-state index contributed by atoms with van der Waals surface area (Å²) in [5.74, 6) is 1.54. The third-order valence-corrected chi connectivity index (χ3v) is 3.99. The molecular weight excluding hydrogens is 274 g/mol. The van der Waals surface area contributed by atoms with Gasteiger partial charge < -0.3 is 14.0 Å². The lowest BCUT2D eigenvalue weighted by atomic mass is 10.1. The zero-order valence-corrected chi connectivity index (χ0v) is 13.3. The van der Waals surface area contributed by atoms with E-state index >= 15 is 0 Å². The van der Waals surface area contributed by atoms with Crippen LogP contribution >= 0.6 is 0 Å². The Bertz CT molecular complexity index is 789. The van der Waals surface area contributed by atoms with Gasteiger partial charge >= 0.3 is 0 Å². The van der Waals surface area contributed by atoms with Crippen molar-refractivity contribution in [2.24, 2.45) is 0 Å². The second-order valence-corrected chi connectivity index (χ2v) is 5.35. The second kappa shape index (κ2) is 6.14. The van der Waals surface area contributed by atoms with Crippen LogP contribution < -0.4 is 9.47 Å². The highest BCUT2D eigenvalue weighted by Gasteiger charge is 2.11. The molecule has 0 unspecified atom stereocenters. The molecule has 0 aliphatic carbocycles. The summed E-state index contributed by atoms with van der Waals surface area (Å²) in [7, 11) is 1.66. The zero-order chi connectivity index (χ0) is 15.5. The Morgan fingerprint density at radius 3 is 2.50 bits per heavy atom. The summed E-state index contributed by atoms with van der Waals surface area (Å²) >= 11 is 0. The molecule has 3 rings (SSSR count). The summed E-state index contributed by atoms with van der Waals surface area (Å²) in [6, 6.07) is 14.2. The first kappa shape index (κ1) is 14.5. The van der Waals surface area contributed by atoms with Crippen molar-refractivity contribution in [1.82, 2.24) is 4.57 Å². The molecule has 0 bridgehead atoms. The van der Waals surface area contributed by atoms with Gasteiger partial charge in [0.2, 0.25) is 0 Å². The van der Waals surface area contributed by atoms with Crippen LogP contribution in [0.3, 0.4) is 0 Å². The minimum absolute atomic E-state index is 0.536. The van der Waals surface area contributed by atoms with Gasteiger partial charge in [-0.25, -0.2) is 0 Å². The number of rotatable bonds is 5. The van der Waals surface area contributed by atoms with Crippen LogP contribution in [0, 0.1) is 6.92 Å². The van der Waals surface area contributed by atoms with E-state index in [1.54, 1.807) is 7.11 Å². The maximum atomic E-state index is 6.00. The maximum Gasteiger partial charge on any atom is 0.161 e. The Kier molecular flexibility index (Phi) is 4.05. The van der Waals surface area contributed by atoms with E-state index < -0.39 is 0 Å². The van der Waals surface area contributed by atoms with Crippen molar-refractivity contribution in [3.05, 3.63) is 59.8 Å². The molecule has 3 heteroatoms. The summed E-state index contributed by atoms with van der Waals surface area (Å²) in [5, 5.41) is 1.29. The molecule has 0 aliphatic rings. The molecule has 0 spiro atoms. The highest BCUT2D eigenvalue weighted by Crippen LogP contribution is 2.29.